The third-order valence-electron chi connectivity index (χ3n) is 2.65. The van der Waals surface area contributed by atoms with E-state index in [4.69, 9.17) is 9.84 Å². The van der Waals surface area contributed by atoms with E-state index in [0.717, 1.165) is 12.1 Å². The second-order valence-corrected chi connectivity index (χ2v) is 4.31. The topological polar surface area (TPSA) is 89.7 Å². The number of nitro benzene ring substituents is 1. The minimum Gasteiger partial charge on any atom is -0.478 e. The van der Waals surface area contributed by atoms with Crippen LogP contribution < -0.4 is 4.74 Å². The maximum atomic E-state index is 13.5. The zero-order chi connectivity index (χ0) is 15.6. The Morgan fingerprint density at radius 1 is 1.24 bits per heavy atom. The molecular weight excluding hydrogens is 281 g/mol. The van der Waals surface area contributed by atoms with Gasteiger partial charge in [-0.1, -0.05) is 0 Å². The van der Waals surface area contributed by atoms with Crippen molar-refractivity contribution in [3.63, 3.8) is 0 Å². The molecule has 0 saturated heterocycles. The van der Waals surface area contributed by atoms with Crippen LogP contribution in [0.15, 0.2) is 36.4 Å². The Labute approximate surface area is 118 Å². The molecule has 0 atom stereocenters. The van der Waals surface area contributed by atoms with Crippen molar-refractivity contribution in [2.45, 2.75) is 6.92 Å². The van der Waals surface area contributed by atoms with E-state index in [0.29, 0.717) is 5.56 Å². The molecule has 0 amide bonds. The van der Waals surface area contributed by atoms with E-state index >= 15 is 0 Å². The van der Waals surface area contributed by atoms with Crippen LogP contribution in [0.5, 0.6) is 11.5 Å². The van der Waals surface area contributed by atoms with Gasteiger partial charge in [0, 0.05) is 12.1 Å². The smallest absolute Gasteiger partial charge is 0.338 e. The van der Waals surface area contributed by atoms with Gasteiger partial charge in [0.2, 0.25) is 0 Å². The number of benzene rings is 2. The Kier molecular flexibility index (Phi) is 3.84. The summed E-state index contributed by atoms with van der Waals surface area (Å²) < 4.78 is 18.8. The lowest BCUT2D eigenvalue weighted by molar-refractivity contribution is -0.385. The van der Waals surface area contributed by atoms with Crippen molar-refractivity contribution in [3.8, 4) is 11.5 Å². The van der Waals surface area contributed by atoms with Crippen LogP contribution in [0, 0.1) is 22.9 Å². The number of halogens is 1. The number of aryl methyl sites for hydroxylation is 1. The van der Waals surface area contributed by atoms with E-state index in [9.17, 15) is 19.3 Å². The van der Waals surface area contributed by atoms with Crippen LogP contribution in [-0.4, -0.2) is 16.0 Å². The van der Waals surface area contributed by atoms with Gasteiger partial charge in [-0.3, -0.25) is 10.1 Å². The molecule has 0 saturated carbocycles. The molecule has 2 aromatic carbocycles. The van der Waals surface area contributed by atoms with Crippen molar-refractivity contribution in [2.75, 3.05) is 0 Å². The number of rotatable bonds is 4. The lowest BCUT2D eigenvalue weighted by Gasteiger charge is -2.07. The number of ether oxygens (including phenoxy) is 1. The maximum absolute atomic E-state index is 13.5. The van der Waals surface area contributed by atoms with Gasteiger partial charge in [-0.05, 0) is 30.7 Å². The molecule has 21 heavy (non-hydrogen) atoms. The molecule has 0 heterocycles. The van der Waals surface area contributed by atoms with Crippen molar-refractivity contribution >= 4 is 11.7 Å². The number of hydrogen-bond donors (Lipinski definition) is 1. The maximum Gasteiger partial charge on any atom is 0.338 e. The summed E-state index contributed by atoms with van der Waals surface area (Å²) in [6.07, 6.45) is 0. The molecule has 0 fully saturated rings. The molecule has 0 aliphatic carbocycles. The first kappa shape index (κ1) is 14.4. The predicted octanol–water partition coefficient (Wildman–Crippen LogP) is 3.53. The fourth-order valence-corrected chi connectivity index (χ4v) is 1.76. The van der Waals surface area contributed by atoms with Crippen molar-refractivity contribution < 1.29 is 24.0 Å². The molecule has 7 heteroatoms. The molecule has 1 N–H and O–H groups in total. The third-order valence-corrected chi connectivity index (χ3v) is 2.65. The molecule has 0 unspecified atom stereocenters. The fraction of sp³-hybridized carbons (Fsp3) is 0.0714. The summed E-state index contributed by atoms with van der Waals surface area (Å²) >= 11 is 0. The van der Waals surface area contributed by atoms with Gasteiger partial charge in [0.25, 0.3) is 5.69 Å². The lowest BCUT2D eigenvalue weighted by Crippen LogP contribution is -2.00. The van der Waals surface area contributed by atoms with E-state index in [2.05, 4.69) is 0 Å². The van der Waals surface area contributed by atoms with E-state index in [1.807, 2.05) is 0 Å². The molecule has 6 nitrogen and oxygen atoms in total. The largest absolute Gasteiger partial charge is 0.478 e. The standard InChI is InChI=1S/C14H10FNO5/c1-8-4-9(16(19)20)6-11(5-8)21-10-2-3-12(14(17)18)13(15)7-10/h2-7H,1H3,(H,17,18). The van der Waals surface area contributed by atoms with E-state index < -0.39 is 22.3 Å². The number of carboxylic acid groups (broad SMARTS) is 1. The van der Waals surface area contributed by atoms with Crippen molar-refractivity contribution in [1.82, 2.24) is 0 Å². The molecule has 0 bridgehead atoms. The zero-order valence-electron chi connectivity index (χ0n) is 10.9. The monoisotopic (exact) mass is 291 g/mol. The Bertz CT molecular complexity index is 729. The molecule has 0 aromatic heterocycles. The van der Waals surface area contributed by atoms with Crippen LogP contribution in [0.3, 0.4) is 0 Å². The van der Waals surface area contributed by atoms with Crippen molar-refractivity contribution in [1.29, 1.82) is 0 Å². The fourth-order valence-electron chi connectivity index (χ4n) is 1.76. The minimum absolute atomic E-state index is 0.0531. The van der Waals surface area contributed by atoms with E-state index in [1.54, 1.807) is 13.0 Å². The van der Waals surface area contributed by atoms with Gasteiger partial charge >= 0.3 is 5.97 Å². The molecule has 0 spiro atoms. The highest BCUT2D eigenvalue weighted by molar-refractivity contribution is 5.88. The van der Waals surface area contributed by atoms with Crippen molar-refractivity contribution in [2.24, 2.45) is 0 Å². The minimum atomic E-state index is -1.38. The van der Waals surface area contributed by atoms with Crippen LogP contribution in [0.2, 0.25) is 0 Å². The summed E-state index contributed by atoms with van der Waals surface area (Å²) in [6, 6.07) is 7.39. The highest BCUT2D eigenvalue weighted by atomic mass is 19.1. The summed E-state index contributed by atoms with van der Waals surface area (Å²) in [4.78, 5) is 20.9. The second kappa shape index (κ2) is 5.58. The molecule has 0 aliphatic rings. The molecular formula is C14H10FNO5. The Hall–Kier alpha value is -2.96. The Balaban J connectivity index is 2.32. The number of nitrogens with zero attached hydrogens (tertiary/aromatic N) is 1. The first-order valence-corrected chi connectivity index (χ1v) is 5.83. The van der Waals surface area contributed by atoms with Gasteiger partial charge in [0.1, 0.15) is 17.3 Å². The van der Waals surface area contributed by atoms with Crippen LogP contribution in [0.1, 0.15) is 15.9 Å². The SMILES string of the molecule is Cc1cc(Oc2ccc(C(=O)O)c(F)c2)cc([N+](=O)[O-])c1. The first-order valence-electron chi connectivity index (χ1n) is 5.83. The zero-order valence-corrected chi connectivity index (χ0v) is 10.9. The number of carbonyl (C=O) groups is 1. The van der Waals surface area contributed by atoms with Crippen LogP contribution >= 0.6 is 0 Å². The predicted molar refractivity (Wildman–Crippen MR) is 71.3 cm³/mol. The summed E-state index contributed by atoms with van der Waals surface area (Å²) in [6.45, 7) is 1.66. The van der Waals surface area contributed by atoms with Crippen LogP contribution in [-0.2, 0) is 0 Å². The average Bonchev–Trinajstić information content (AvgIpc) is 2.37. The summed E-state index contributed by atoms with van der Waals surface area (Å²) in [7, 11) is 0. The van der Waals surface area contributed by atoms with Gasteiger partial charge in [-0.2, -0.15) is 0 Å². The number of carboxylic acids is 1. The lowest BCUT2D eigenvalue weighted by atomic mass is 10.2. The highest BCUT2D eigenvalue weighted by Crippen LogP contribution is 2.28. The number of aromatic carboxylic acids is 1. The van der Waals surface area contributed by atoms with Crippen LogP contribution in [0.4, 0.5) is 10.1 Å². The van der Waals surface area contributed by atoms with Crippen molar-refractivity contribution in [3.05, 3.63) is 63.5 Å². The van der Waals surface area contributed by atoms with E-state index in [1.165, 1.54) is 18.2 Å². The van der Waals surface area contributed by atoms with Gasteiger partial charge in [0.15, 0.2) is 0 Å². The molecule has 0 radical (unpaired) electrons. The number of hydrogen-bond acceptors (Lipinski definition) is 4. The third kappa shape index (κ3) is 3.33. The van der Waals surface area contributed by atoms with E-state index in [-0.39, 0.29) is 17.2 Å². The Morgan fingerprint density at radius 3 is 2.52 bits per heavy atom. The molecule has 2 aromatic rings. The summed E-state index contributed by atoms with van der Waals surface area (Å²) in [5.41, 5.74) is -0.00738. The van der Waals surface area contributed by atoms with Gasteiger partial charge < -0.3 is 9.84 Å². The van der Waals surface area contributed by atoms with Gasteiger partial charge in [0.05, 0.1) is 16.6 Å². The number of nitro groups is 1. The molecule has 108 valence electrons. The van der Waals surface area contributed by atoms with Gasteiger partial charge in [-0.25, -0.2) is 9.18 Å². The average molecular weight is 291 g/mol. The van der Waals surface area contributed by atoms with Gasteiger partial charge in [-0.15, -0.1) is 0 Å². The second-order valence-electron chi connectivity index (χ2n) is 4.31. The molecule has 0 aliphatic heterocycles. The quantitative estimate of drug-likeness (QED) is 0.687. The Morgan fingerprint density at radius 2 is 1.95 bits per heavy atom. The summed E-state index contributed by atoms with van der Waals surface area (Å²) in [5, 5.41) is 19.5. The molecule has 2 rings (SSSR count). The highest BCUT2D eigenvalue weighted by Gasteiger charge is 2.13. The summed E-state index contributed by atoms with van der Waals surface area (Å²) in [5.74, 6) is -2.10. The first-order chi connectivity index (χ1) is 9.86. The van der Waals surface area contributed by atoms with Crippen LogP contribution in [0.25, 0.3) is 0 Å². The number of non-ortho nitro benzene ring substituents is 1. The normalized spacial score (nSPS) is 10.2.